The molecule has 0 bridgehead atoms. The number of esters is 2. The van der Waals surface area contributed by atoms with Crippen molar-refractivity contribution in [2.45, 2.75) is 20.4 Å². The molecule has 0 amide bonds. The molecule has 0 heterocycles. The van der Waals surface area contributed by atoms with Gasteiger partial charge in [-0.25, -0.2) is 0 Å². The Bertz CT molecular complexity index is 399. The molecular weight excluding hydrogens is 258 g/mol. The van der Waals surface area contributed by atoms with Crippen LogP contribution in [0.4, 0.5) is 0 Å². The van der Waals surface area contributed by atoms with E-state index in [1.165, 1.54) is 0 Å². The predicted molar refractivity (Wildman–Crippen MR) is 75.0 cm³/mol. The molecule has 0 N–H and O–H groups in total. The zero-order valence-electron chi connectivity index (χ0n) is 12.0. The van der Waals surface area contributed by atoms with Crippen LogP contribution in [-0.4, -0.2) is 43.1 Å². The van der Waals surface area contributed by atoms with Gasteiger partial charge in [0.15, 0.2) is 0 Å². The molecule has 0 aliphatic rings. The van der Waals surface area contributed by atoms with Crippen molar-refractivity contribution < 1.29 is 19.1 Å². The van der Waals surface area contributed by atoms with E-state index in [2.05, 4.69) is 0 Å². The van der Waals surface area contributed by atoms with Crippen LogP contribution in [-0.2, 0) is 25.6 Å². The number of benzene rings is 1. The summed E-state index contributed by atoms with van der Waals surface area (Å²) in [5, 5.41) is 0. The van der Waals surface area contributed by atoms with Crippen molar-refractivity contribution in [1.82, 2.24) is 4.90 Å². The van der Waals surface area contributed by atoms with Gasteiger partial charge in [-0.2, -0.15) is 0 Å². The van der Waals surface area contributed by atoms with Crippen molar-refractivity contribution in [1.29, 1.82) is 0 Å². The van der Waals surface area contributed by atoms with Crippen molar-refractivity contribution in [2.75, 3.05) is 26.3 Å². The number of hydrogen-bond acceptors (Lipinski definition) is 5. The average Bonchev–Trinajstić information content (AvgIpc) is 2.40. The third-order valence-electron chi connectivity index (χ3n) is 2.57. The number of carbonyl (C=O) groups is 2. The first-order chi connectivity index (χ1) is 9.65. The maximum absolute atomic E-state index is 11.6. The molecular formula is C15H21NO4. The first-order valence-corrected chi connectivity index (χ1v) is 6.73. The largest absolute Gasteiger partial charge is 0.465 e. The van der Waals surface area contributed by atoms with E-state index in [1.807, 2.05) is 30.3 Å². The van der Waals surface area contributed by atoms with Gasteiger partial charge in [0.1, 0.15) is 0 Å². The first kappa shape index (κ1) is 16.2. The van der Waals surface area contributed by atoms with Crippen molar-refractivity contribution >= 4 is 11.9 Å². The SMILES string of the molecule is CCOC(=O)CN(CC(=O)OCC)Cc1ccccc1. The lowest BCUT2D eigenvalue weighted by Crippen LogP contribution is -2.35. The summed E-state index contributed by atoms with van der Waals surface area (Å²) < 4.78 is 9.84. The lowest BCUT2D eigenvalue weighted by Gasteiger charge is -2.20. The van der Waals surface area contributed by atoms with E-state index in [0.717, 1.165) is 5.56 Å². The summed E-state index contributed by atoms with van der Waals surface area (Å²) in [4.78, 5) is 24.8. The van der Waals surface area contributed by atoms with Crippen LogP contribution in [0.5, 0.6) is 0 Å². The lowest BCUT2D eigenvalue weighted by molar-refractivity contribution is -0.148. The molecule has 110 valence electrons. The third-order valence-corrected chi connectivity index (χ3v) is 2.57. The highest BCUT2D eigenvalue weighted by molar-refractivity contribution is 5.75. The predicted octanol–water partition coefficient (Wildman–Crippen LogP) is 1.61. The van der Waals surface area contributed by atoms with Crippen molar-refractivity contribution in [3.8, 4) is 0 Å². The van der Waals surface area contributed by atoms with E-state index < -0.39 is 0 Å². The Morgan fingerprint density at radius 3 is 1.90 bits per heavy atom. The zero-order valence-corrected chi connectivity index (χ0v) is 12.0. The molecule has 0 aliphatic heterocycles. The summed E-state index contributed by atoms with van der Waals surface area (Å²) in [7, 11) is 0. The Hall–Kier alpha value is -1.88. The summed E-state index contributed by atoms with van der Waals surface area (Å²) in [6, 6.07) is 9.65. The quantitative estimate of drug-likeness (QED) is 0.677. The normalized spacial score (nSPS) is 10.3. The molecule has 0 saturated carbocycles. The fourth-order valence-corrected chi connectivity index (χ4v) is 1.79. The van der Waals surface area contributed by atoms with Gasteiger partial charge in [-0.1, -0.05) is 30.3 Å². The molecule has 1 rings (SSSR count). The maximum atomic E-state index is 11.6. The van der Waals surface area contributed by atoms with Crippen LogP contribution in [0.15, 0.2) is 30.3 Å². The number of rotatable bonds is 8. The van der Waals surface area contributed by atoms with E-state index in [-0.39, 0.29) is 25.0 Å². The van der Waals surface area contributed by atoms with Gasteiger partial charge in [0, 0.05) is 6.54 Å². The van der Waals surface area contributed by atoms with Gasteiger partial charge in [-0.05, 0) is 19.4 Å². The molecule has 0 spiro atoms. The molecule has 0 atom stereocenters. The van der Waals surface area contributed by atoms with Gasteiger partial charge in [-0.3, -0.25) is 14.5 Å². The minimum Gasteiger partial charge on any atom is -0.465 e. The van der Waals surface area contributed by atoms with Crippen LogP contribution in [0.1, 0.15) is 19.4 Å². The monoisotopic (exact) mass is 279 g/mol. The fourth-order valence-electron chi connectivity index (χ4n) is 1.79. The first-order valence-electron chi connectivity index (χ1n) is 6.73. The molecule has 0 fully saturated rings. The second-order valence-electron chi connectivity index (χ2n) is 4.24. The summed E-state index contributed by atoms with van der Waals surface area (Å²) in [5.41, 5.74) is 1.03. The van der Waals surface area contributed by atoms with Crippen LogP contribution in [0.3, 0.4) is 0 Å². The Labute approximate surface area is 119 Å². The van der Waals surface area contributed by atoms with E-state index in [1.54, 1.807) is 18.7 Å². The molecule has 5 nitrogen and oxygen atoms in total. The highest BCUT2D eigenvalue weighted by atomic mass is 16.5. The van der Waals surface area contributed by atoms with Crippen LogP contribution >= 0.6 is 0 Å². The fraction of sp³-hybridized carbons (Fsp3) is 0.467. The van der Waals surface area contributed by atoms with E-state index >= 15 is 0 Å². The lowest BCUT2D eigenvalue weighted by atomic mass is 10.2. The van der Waals surface area contributed by atoms with Crippen LogP contribution in [0.25, 0.3) is 0 Å². The second-order valence-corrected chi connectivity index (χ2v) is 4.24. The number of hydrogen-bond donors (Lipinski definition) is 0. The van der Waals surface area contributed by atoms with Gasteiger partial charge in [0.05, 0.1) is 26.3 Å². The Kier molecular flexibility index (Phi) is 7.35. The molecule has 5 heteroatoms. The molecule has 1 aromatic rings. The number of carbonyl (C=O) groups excluding carboxylic acids is 2. The Morgan fingerprint density at radius 2 is 1.45 bits per heavy atom. The minimum atomic E-state index is -0.340. The van der Waals surface area contributed by atoms with Crippen molar-refractivity contribution in [3.63, 3.8) is 0 Å². The zero-order chi connectivity index (χ0) is 14.8. The van der Waals surface area contributed by atoms with Gasteiger partial charge in [-0.15, -0.1) is 0 Å². The minimum absolute atomic E-state index is 0.0710. The van der Waals surface area contributed by atoms with Crippen molar-refractivity contribution in [3.05, 3.63) is 35.9 Å². The highest BCUT2D eigenvalue weighted by Gasteiger charge is 2.16. The molecule has 0 aliphatic carbocycles. The van der Waals surface area contributed by atoms with Gasteiger partial charge in [0.25, 0.3) is 0 Å². The van der Waals surface area contributed by atoms with Gasteiger partial charge >= 0.3 is 11.9 Å². The van der Waals surface area contributed by atoms with Gasteiger partial charge < -0.3 is 9.47 Å². The number of nitrogens with zero attached hydrogens (tertiary/aromatic N) is 1. The van der Waals surface area contributed by atoms with Crippen LogP contribution < -0.4 is 0 Å². The van der Waals surface area contributed by atoms with Crippen molar-refractivity contribution in [2.24, 2.45) is 0 Å². The van der Waals surface area contributed by atoms with E-state index in [0.29, 0.717) is 19.8 Å². The molecule has 0 saturated heterocycles. The third kappa shape index (κ3) is 6.33. The van der Waals surface area contributed by atoms with Crippen LogP contribution in [0, 0.1) is 0 Å². The second kappa shape index (κ2) is 9.09. The number of ether oxygens (including phenoxy) is 2. The maximum Gasteiger partial charge on any atom is 0.320 e. The van der Waals surface area contributed by atoms with Crippen LogP contribution in [0.2, 0.25) is 0 Å². The van der Waals surface area contributed by atoms with Gasteiger partial charge in [0.2, 0.25) is 0 Å². The molecule has 0 radical (unpaired) electrons. The standard InChI is InChI=1S/C15H21NO4/c1-3-19-14(17)11-16(12-15(18)20-4-2)10-13-8-6-5-7-9-13/h5-9H,3-4,10-12H2,1-2H3. The summed E-state index contributed by atoms with van der Waals surface area (Å²) in [6.45, 7) is 4.81. The molecule has 1 aromatic carbocycles. The molecule has 0 aromatic heterocycles. The van der Waals surface area contributed by atoms with E-state index in [4.69, 9.17) is 9.47 Å². The summed E-state index contributed by atoms with van der Waals surface area (Å²) in [5.74, 6) is -0.680. The van der Waals surface area contributed by atoms with E-state index in [9.17, 15) is 9.59 Å². The highest BCUT2D eigenvalue weighted by Crippen LogP contribution is 2.05. The summed E-state index contributed by atoms with van der Waals surface area (Å²) in [6.07, 6.45) is 0. The summed E-state index contributed by atoms with van der Waals surface area (Å²) >= 11 is 0. The Balaban J connectivity index is 2.63. The smallest absolute Gasteiger partial charge is 0.320 e. The average molecular weight is 279 g/mol. The topological polar surface area (TPSA) is 55.8 Å². The molecule has 0 unspecified atom stereocenters. The Morgan fingerprint density at radius 1 is 0.950 bits per heavy atom. The molecule has 20 heavy (non-hydrogen) atoms.